The van der Waals surface area contributed by atoms with Crippen LogP contribution in [0.5, 0.6) is 0 Å². The van der Waals surface area contributed by atoms with Gasteiger partial charge in [0.05, 0.1) is 10.8 Å². The van der Waals surface area contributed by atoms with Crippen LogP contribution in [0.3, 0.4) is 0 Å². The molecule has 27 heavy (non-hydrogen) atoms. The maximum atomic E-state index is 12.7. The van der Waals surface area contributed by atoms with E-state index in [1.807, 2.05) is 6.07 Å². The molecule has 0 saturated heterocycles. The van der Waals surface area contributed by atoms with E-state index >= 15 is 0 Å². The van der Waals surface area contributed by atoms with Gasteiger partial charge in [-0.2, -0.15) is 4.31 Å². The predicted octanol–water partition coefficient (Wildman–Crippen LogP) is 3.50. The Morgan fingerprint density at radius 1 is 1.04 bits per heavy atom. The third-order valence-corrected chi connectivity index (χ3v) is 8.30. The molecule has 0 bridgehead atoms. The lowest BCUT2D eigenvalue weighted by atomic mass is 10.0. The Labute approximate surface area is 169 Å². The van der Waals surface area contributed by atoms with Crippen molar-refractivity contribution in [2.45, 2.75) is 24.8 Å². The van der Waals surface area contributed by atoms with E-state index in [0.717, 1.165) is 11.1 Å². The first-order valence-corrected chi connectivity index (χ1v) is 12.0. The zero-order chi connectivity index (χ0) is 19.8. The van der Waals surface area contributed by atoms with Crippen LogP contribution in [0.2, 0.25) is 10.0 Å². The predicted molar refractivity (Wildman–Crippen MR) is 107 cm³/mol. The third-order valence-electron chi connectivity index (χ3n) is 4.38. The number of sulfonamides is 2. The standard InChI is InChI=1S/C17H18Cl2N2O4S2/c1-2-26(22,23)21-8-7-12-3-5-15(9-13(12)11-21)20-27(24,25)17-10-14(18)4-6-16(17)19/h3-6,9-10,20H,2,7-8,11H2,1H3. The van der Waals surface area contributed by atoms with E-state index in [0.29, 0.717) is 18.7 Å². The first-order valence-electron chi connectivity index (χ1n) is 8.20. The summed E-state index contributed by atoms with van der Waals surface area (Å²) in [5.74, 6) is 0.0297. The molecule has 0 radical (unpaired) electrons. The van der Waals surface area contributed by atoms with Gasteiger partial charge in [-0.05, 0) is 54.8 Å². The number of hydrogen-bond acceptors (Lipinski definition) is 4. The zero-order valence-electron chi connectivity index (χ0n) is 14.4. The Bertz CT molecular complexity index is 1090. The highest BCUT2D eigenvalue weighted by molar-refractivity contribution is 7.92. The number of fused-ring (bicyclic) bond motifs is 1. The van der Waals surface area contributed by atoms with Gasteiger partial charge in [0.15, 0.2) is 0 Å². The maximum absolute atomic E-state index is 12.7. The van der Waals surface area contributed by atoms with E-state index in [1.165, 1.54) is 22.5 Å². The van der Waals surface area contributed by atoms with Crippen LogP contribution in [0.25, 0.3) is 0 Å². The van der Waals surface area contributed by atoms with Crippen LogP contribution in [0.4, 0.5) is 5.69 Å². The van der Waals surface area contributed by atoms with Gasteiger partial charge in [-0.1, -0.05) is 29.3 Å². The molecule has 2 aromatic carbocycles. The molecule has 10 heteroatoms. The summed E-state index contributed by atoms with van der Waals surface area (Å²) in [5, 5.41) is 0.315. The average Bonchev–Trinajstić information content (AvgIpc) is 2.62. The van der Waals surface area contributed by atoms with Crippen LogP contribution < -0.4 is 4.72 Å². The van der Waals surface area contributed by atoms with Crippen LogP contribution in [-0.4, -0.2) is 33.4 Å². The SMILES string of the molecule is CCS(=O)(=O)N1CCc2ccc(NS(=O)(=O)c3cc(Cl)ccc3Cl)cc2C1. The lowest BCUT2D eigenvalue weighted by Gasteiger charge is -2.28. The molecule has 3 rings (SSSR count). The number of hydrogen-bond donors (Lipinski definition) is 1. The van der Waals surface area contributed by atoms with Crippen molar-refractivity contribution in [1.29, 1.82) is 0 Å². The molecular formula is C17H18Cl2N2O4S2. The minimum absolute atomic E-state index is 0.0297. The van der Waals surface area contributed by atoms with Crippen LogP contribution in [-0.2, 0) is 33.0 Å². The summed E-state index contributed by atoms with van der Waals surface area (Å²) in [6.07, 6.45) is 0.585. The minimum Gasteiger partial charge on any atom is -0.280 e. The van der Waals surface area contributed by atoms with Crippen molar-refractivity contribution in [3.05, 3.63) is 57.6 Å². The smallest absolute Gasteiger partial charge is 0.263 e. The van der Waals surface area contributed by atoms with Crippen molar-refractivity contribution in [3.63, 3.8) is 0 Å². The second-order valence-electron chi connectivity index (χ2n) is 6.15. The highest BCUT2D eigenvalue weighted by atomic mass is 35.5. The number of nitrogens with one attached hydrogen (secondary N) is 1. The molecule has 0 fully saturated rings. The van der Waals surface area contributed by atoms with Gasteiger partial charge in [0, 0.05) is 23.8 Å². The van der Waals surface area contributed by atoms with Crippen LogP contribution >= 0.6 is 23.2 Å². The van der Waals surface area contributed by atoms with Gasteiger partial charge < -0.3 is 0 Å². The molecule has 0 aromatic heterocycles. The summed E-state index contributed by atoms with van der Waals surface area (Å²) < 4.78 is 53.4. The Morgan fingerprint density at radius 2 is 1.78 bits per heavy atom. The Hall–Kier alpha value is -1.32. The largest absolute Gasteiger partial charge is 0.280 e. The van der Waals surface area contributed by atoms with Crippen LogP contribution in [0, 0.1) is 0 Å². The highest BCUT2D eigenvalue weighted by Gasteiger charge is 2.26. The summed E-state index contributed by atoms with van der Waals surface area (Å²) in [5.41, 5.74) is 2.11. The van der Waals surface area contributed by atoms with Gasteiger partial charge in [-0.15, -0.1) is 0 Å². The fourth-order valence-electron chi connectivity index (χ4n) is 2.91. The van der Waals surface area contributed by atoms with E-state index in [2.05, 4.69) is 4.72 Å². The van der Waals surface area contributed by atoms with E-state index in [9.17, 15) is 16.8 Å². The van der Waals surface area contributed by atoms with Gasteiger partial charge in [-0.25, -0.2) is 16.8 Å². The third kappa shape index (κ3) is 4.41. The Morgan fingerprint density at radius 3 is 2.48 bits per heavy atom. The average molecular weight is 449 g/mol. The monoisotopic (exact) mass is 448 g/mol. The summed E-state index contributed by atoms with van der Waals surface area (Å²) in [6.45, 7) is 2.25. The normalized spacial score (nSPS) is 15.4. The van der Waals surface area contributed by atoms with Crippen molar-refractivity contribution >= 4 is 48.9 Å². The second-order valence-corrected chi connectivity index (χ2v) is 10.9. The van der Waals surface area contributed by atoms with E-state index in [1.54, 1.807) is 19.1 Å². The fourth-order valence-corrected chi connectivity index (χ4v) is 5.79. The molecule has 2 aromatic rings. The van der Waals surface area contributed by atoms with Gasteiger partial charge in [-0.3, -0.25) is 4.72 Å². The van der Waals surface area contributed by atoms with Crippen molar-refractivity contribution in [2.75, 3.05) is 17.0 Å². The van der Waals surface area contributed by atoms with Crippen molar-refractivity contribution in [3.8, 4) is 0 Å². The number of halogens is 2. The van der Waals surface area contributed by atoms with E-state index < -0.39 is 20.0 Å². The van der Waals surface area contributed by atoms with E-state index in [4.69, 9.17) is 23.2 Å². The lowest BCUT2D eigenvalue weighted by molar-refractivity contribution is 0.392. The van der Waals surface area contributed by atoms with Crippen LogP contribution in [0.1, 0.15) is 18.1 Å². The van der Waals surface area contributed by atoms with Gasteiger partial charge in [0.2, 0.25) is 10.0 Å². The van der Waals surface area contributed by atoms with Crippen LogP contribution in [0.15, 0.2) is 41.3 Å². The Balaban J connectivity index is 1.90. The maximum Gasteiger partial charge on any atom is 0.263 e. The molecule has 0 unspecified atom stereocenters. The second kappa shape index (κ2) is 7.60. The molecule has 1 aliphatic heterocycles. The summed E-state index contributed by atoms with van der Waals surface area (Å²) >= 11 is 11.9. The van der Waals surface area contributed by atoms with Gasteiger partial charge in [0.25, 0.3) is 10.0 Å². The quantitative estimate of drug-likeness (QED) is 0.758. The summed E-state index contributed by atoms with van der Waals surface area (Å²) in [7, 11) is -7.24. The lowest BCUT2D eigenvalue weighted by Crippen LogP contribution is -2.36. The molecule has 0 spiro atoms. The van der Waals surface area contributed by atoms with E-state index in [-0.39, 0.29) is 27.2 Å². The van der Waals surface area contributed by atoms with Crippen molar-refractivity contribution in [1.82, 2.24) is 4.31 Å². The molecule has 0 atom stereocenters. The molecule has 1 heterocycles. The topological polar surface area (TPSA) is 83.6 Å². The minimum atomic E-state index is -3.94. The first-order chi connectivity index (χ1) is 12.6. The molecule has 146 valence electrons. The number of anilines is 1. The summed E-state index contributed by atoms with van der Waals surface area (Å²) in [4.78, 5) is -0.121. The molecule has 1 aliphatic rings. The Kier molecular flexibility index (Phi) is 5.74. The zero-order valence-corrected chi connectivity index (χ0v) is 17.6. The molecule has 0 saturated carbocycles. The number of rotatable bonds is 5. The molecular weight excluding hydrogens is 431 g/mol. The molecule has 0 amide bonds. The molecule has 6 nitrogen and oxygen atoms in total. The highest BCUT2D eigenvalue weighted by Crippen LogP contribution is 2.29. The molecule has 1 N–H and O–H groups in total. The fraction of sp³-hybridized carbons (Fsp3) is 0.294. The molecule has 0 aliphatic carbocycles. The van der Waals surface area contributed by atoms with Gasteiger partial charge in [0.1, 0.15) is 4.90 Å². The van der Waals surface area contributed by atoms with Crippen molar-refractivity contribution < 1.29 is 16.8 Å². The summed E-state index contributed by atoms with van der Waals surface area (Å²) in [6, 6.07) is 9.31. The number of benzene rings is 2. The first kappa shape index (κ1) is 20.4. The van der Waals surface area contributed by atoms with Gasteiger partial charge >= 0.3 is 0 Å². The van der Waals surface area contributed by atoms with Crippen molar-refractivity contribution in [2.24, 2.45) is 0 Å². The number of nitrogens with zero attached hydrogens (tertiary/aromatic N) is 1.